The number of fused-ring (bicyclic) bond motifs is 3. The lowest BCUT2D eigenvalue weighted by molar-refractivity contribution is -0.153. The van der Waals surface area contributed by atoms with Crippen LogP contribution in [0.2, 0.25) is 0 Å². The molecule has 3 atom stereocenters. The number of piperidine rings is 1. The number of pyridine rings is 1. The van der Waals surface area contributed by atoms with Crippen LogP contribution in [-0.4, -0.2) is 51.2 Å². The van der Waals surface area contributed by atoms with Crippen molar-refractivity contribution in [1.82, 2.24) is 19.8 Å². The summed E-state index contributed by atoms with van der Waals surface area (Å²) in [5, 5.41) is 11.1. The third-order valence-corrected chi connectivity index (χ3v) is 6.88. The van der Waals surface area contributed by atoms with Crippen LogP contribution in [0.15, 0.2) is 22.7 Å². The summed E-state index contributed by atoms with van der Waals surface area (Å²) >= 11 is 0. The van der Waals surface area contributed by atoms with E-state index in [1.54, 1.807) is 0 Å². The molecule has 35 heavy (non-hydrogen) atoms. The van der Waals surface area contributed by atoms with Crippen LogP contribution >= 0.6 is 0 Å². The number of aryl methyl sites for hydroxylation is 1. The zero-order valence-electron chi connectivity index (χ0n) is 18.7. The van der Waals surface area contributed by atoms with Crippen LogP contribution in [-0.2, 0) is 6.18 Å². The highest BCUT2D eigenvalue weighted by Gasteiger charge is 2.52. The summed E-state index contributed by atoms with van der Waals surface area (Å²) in [4.78, 5) is 6.20. The van der Waals surface area contributed by atoms with E-state index in [-0.39, 0.29) is 17.8 Å². The van der Waals surface area contributed by atoms with Crippen molar-refractivity contribution in [2.24, 2.45) is 11.8 Å². The molecule has 4 heterocycles. The summed E-state index contributed by atoms with van der Waals surface area (Å²) in [5.74, 6) is 0.303. The van der Waals surface area contributed by atoms with Crippen molar-refractivity contribution in [3.8, 4) is 5.75 Å². The maximum Gasteiger partial charge on any atom is 0.433 e. The highest BCUT2D eigenvalue weighted by Crippen LogP contribution is 2.47. The van der Waals surface area contributed by atoms with Crippen molar-refractivity contribution in [2.45, 2.75) is 44.6 Å². The van der Waals surface area contributed by atoms with Gasteiger partial charge >= 0.3 is 12.4 Å². The van der Waals surface area contributed by atoms with Crippen LogP contribution < -0.4 is 15.0 Å². The van der Waals surface area contributed by atoms with Crippen LogP contribution in [0.25, 0.3) is 5.65 Å². The molecule has 1 N–H and O–H groups in total. The molecule has 0 amide bonds. The van der Waals surface area contributed by atoms with E-state index in [1.165, 1.54) is 0 Å². The summed E-state index contributed by atoms with van der Waals surface area (Å²) in [7, 11) is 0. The zero-order valence-corrected chi connectivity index (χ0v) is 18.7. The average molecular weight is 504 g/mol. The van der Waals surface area contributed by atoms with Gasteiger partial charge in [-0.15, -0.1) is 5.10 Å². The molecule has 0 spiro atoms. The smallest absolute Gasteiger partial charge is 0.433 e. The number of hydrogen-bond acceptors (Lipinski definition) is 7. The number of aromatic nitrogens is 4. The summed E-state index contributed by atoms with van der Waals surface area (Å²) in [5.41, 5.74) is -1.40. The van der Waals surface area contributed by atoms with E-state index in [9.17, 15) is 26.3 Å². The Morgan fingerprint density at radius 2 is 1.83 bits per heavy atom. The fourth-order valence-electron chi connectivity index (χ4n) is 5.11. The Kier molecular flexibility index (Phi) is 5.33. The number of nitrogens with one attached hydrogen (secondary N) is 1. The number of hydrogen-bond donors (Lipinski definition) is 1. The molecule has 0 aromatic carbocycles. The second-order valence-electron chi connectivity index (χ2n) is 9.25. The monoisotopic (exact) mass is 504 g/mol. The Morgan fingerprint density at radius 1 is 1.14 bits per heavy atom. The molecule has 1 saturated carbocycles. The lowest BCUT2D eigenvalue weighted by Gasteiger charge is -2.45. The van der Waals surface area contributed by atoms with E-state index in [0.717, 1.165) is 24.6 Å². The second kappa shape index (κ2) is 7.92. The lowest BCUT2D eigenvalue weighted by Crippen LogP contribution is -2.56. The summed E-state index contributed by atoms with van der Waals surface area (Å²) in [6.45, 7) is 3.40. The number of halogens is 6. The first-order chi connectivity index (χ1) is 16.3. The molecule has 1 saturated heterocycles. The van der Waals surface area contributed by atoms with Gasteiger partial charge in [-0.05, 0) is 50.7 Å². The Balaban J connectivity index is 1.45. The molecule has 2 fully saturated rings. The molecule has 14 heteroatoms. The topological polar surface area (TPSA) is 80.7 Å². The molecule has 5 rings (SSSR count). The SMILES string of the molecule is Cc1cc(N2C[C@H]3CC[C@@H](C2)C3(C)Nc2nc3c(OCC(F)(F)F)ccc(C(F)(F)F)n3n2)on1. The number of anilines is 2. The molecule has 1 unspecified atom stereocenters. The first-order valence-corrected chi connectivity index (χ1v) is 11.0. The van der Waals surface area contributed by atoms with Crippen molar-refractivity contribution in [1.29, 1.82) is 0 Å². The van der Waals surface area contributed by atoms with E-state index in [4.69, 9.17) is 9.26 Å². The maximum atomic E-state index is 13.6. The minimum absolute atomic E-state index is 0.0984. The van der Waals surface area contributed by atoms with Gasteiger partial charge in [0.2, 0.25) is 11.8 Å². The van der Waals surface area contributed by atoms with E-state index < -0.39 is 41.6 Å². The molecule has 1 aliphatic carbocycles. The van der Waals surface area contributed by atoms with Gasteiger partial charge in [-0.2, -0.15) is 31.3 Å². The molecular formula is C21H22F6N6O2. The summed E-state index contributed by atoms with van der Waals surface area (Å²) < 4.78 is 89.2. The predicted octanol–water partition coefficient (Wildman–Crippen LogP) is 4.70. The molecular weight excluding hydrogens is 482 g/mol. The van der Waals surface area contributed by atoms with Crippen molar-refractivity contribution in [3.63, 3.8) is 0 Å². The van der Waals surface area contributed by atoms with Crippen LogP contribution in [0.4, 0.5) is 38.2 Å². The van der Waals surface area contributed by atoms with Crippen LogP contribution in [0.5, 0.6) is 5.75 Å². The first kappa shape index (κ1) is 23.5. The van der Waals surface area contributed by atoms with Gasteiger partial charge in [-0.3, -0.25) is 0 Å². The number of ether oxygens (including phenoxy) is 1. The van der Waals surface area contributed by atoms with Gasteiger partial charge < -0.3 is 19.5 Å². The van der Waals surface area contributed by atoms with Crippen molar-refractivity contribution < 1.29 is 35.6 Å². The zero-order chi connectivity index (χ0) is 25.2. The van der Waals surface area contributed by atoms with Crippen molar-refractivity contribution >= 4 is 17.5 Å². The lowest BCUT2D eigenvalue weighted by atomic mass is 9.78. The molecule has 2 bridgehead atoms. The van der Waals surface area contributed by atoms with Gasteiger partial charge in [0.25, 0.3) is 0 Å². The Hall–Kier alpha value is -3.19. The first-order valence-electron chi connectivity index (χ1n) is 11.0. The van der Waals surface area contributed by atoms with Crippen LogP contribution in [0.3, 0.4) is 0 Å². The number of alkyl halides is 6. The van der Waals surface area contributed by atoms with Gasteiger partial charge in [-0.1, -0.05) is 5.16 Å². The Labute approximate surface area is 195 Å². The quantitative estimate of drug-likeness (QED) is 0.505. The Morgan fingerprint density at radius 3 is 2.40 bits per heavy atom. The van der Waals surface area contributed by atoms with Crippen LogP contribution in [0.1, 0.15) is 31.2 Å². The van der Waals surface area contributed by atoms with Gasteiger partial charge in [0.15, 0.2) is 18.0 Å². The van der Waals surface area contributed by atoms with Gasteiger partial charge in [0, 0.05) is 24.7 Å². The second-order valence-corrected chi connectivity index (χ2v) is 9.25. The molecule has 1 aliphatic heterocycles. The molecule has 190 valence electrons. The van der Waals surface area contributed by atoms with E-state index in [0.29, 0.717) is 29.6 Å². The summed E-state index contributed by atoms with van der Waals surface area (Å²) in [6, 6.07) is 3.30. The molecule has 2 aliphatic rings. The van der Waals surface area contributed by atoms with Crippen LogP contribution in [0, 0.1) is 18.8 Å². The minimum atomic E-state index is -4.80. The standard InChI is InChI=1S/C21H22F6N6O2/c1-11-7-16(35-31-11)32-8-12-3-4-13(9-32)19(12,2)29-18-28-17-14(34-10-20(22,23)24)5-6-15(21(25,26)27)33(17)30-18/h5-7,12-13H,3-4,8-10H2,1-2H3,(H,29,30)/t12-,13+,19?. The third kappa shape index (κ3) is 4.33. The maximum absolute atomic E-state index is 13.6. The minimum Gasteiger partial charge on any atom is -0.480 e. The molecule has 3 aromatic rings. The van der Waals surface area contributed by atoms with Gasteiger partial charge in [0.1, 0.15) is 5.69 Å². The highest BCUT2D eigenvalue weighted by atomic mass is 19.4. The fraction of sp³-hybridized carbons (Fsp3) is 0.571. The fourth-order valence-corrected chi connectivity index (χ4v) is 5.11. The van der Waals surface area contributed by atoms with Gasteiger partial charge in [0.05, 0.1) is 5.69 Å². The van der Waals surface area contributed by atoms with E-state index in [2.05, 4.69) is 25.5 Å². The predicted molar refractivity (Wildman–Crippen MR) is 111 cm³/mol. The highest BCUT2D eigenvalue weighted by molar-refractivity contribution is 5.58. The Bertz CT molecular complexity index is 1220. The van der Waals surface area contributed by atoms with Crippen molar-refractivity contribution in [3.05, 3.63) is 29.6 Å². The molecule has 0 radical (unpaired) electrons. The normalized spacial score (nSPS) is 24.9. The number of rotatable bonds is 5. The van der Waals surface area contributed by atoms with E-state index in [1.807, 2.05) is 19.9 Å². The van der Waals surface area contributed by atoms with Gasteiger partial charge in [-0.25, -0.2) is 4.52 Å². The number of nitrogens with zero attached hydrogens (tertiary/aromatic N) is 5. The molecule has 8 nitrogen and oxygen atoms in total. The third-order valence-electron chi connectivity index (χ3n) is 6.88. The van der Waals surface area contributed by atoms with Crippen molar-refractivity contribution in [2.75, 3.05) is 29.9 Å². The average Bonchev–Trinajstić information content (AvgIpc) is 3.38. The molecule has 3 aromatic heterocycles. The summed E-state index contributed by atoms with van der Waals surface area (Å²) in [6.07, 6.45) is -7.71. The largest absolute Gasteiger partial charge is 0.480 e. The van der Waals surface area contributed by atoms with E-state index >= 15 is 0 Å².